The molecular weight excluding hydrogens is 361 g/mol. The molecule has 0 atom stereocenters. The number of nitrogens with one attached hydrogen (secondary N) is 1. The van der Waals surface area contributed by atoms with Gasteiger partial charge in [0.2, 0.25) is 0 Å². The highest BCUT2D eigenvalue weighted by Crippen LogP contribution is 2.32. The highest BCUT2D eigenvalue weighted by atomic mass is 19.1. The van der Waals surface area contributed by atoms with Gasteiger partial charge in [0.25, 0.3) is 0 Å². The van der Waals surface area contributed by atoms with Gasteiger partial charge in [-0.25, -0.2) is 9.37 Å². The number of H-pyrrole nitrogens is 1. The highest BCUT2D eigenvalue weighted by Gasteiger charge is 2.15. The van der Waals surface area contributed by atoms with Crippen LogP contribution in [-0.4, -0.2) is 61.4 Å². The summed E-state index contributed by atoms with van der Waals surface area (Å²) in [6.45, 7) is 4.54. The largest absolute Gasteiger partial charge is 0.493 e. The van der Waals surface area contributed by atoms with Crippen molar-refractivity contribution >= 4 is 11.0 Å². The molecule has 1 aliphatic rings. The van der Waals surface area contributed by atoms with Crippen LogP contribution in [0.5, 0.6) is 11.5 Å². The van der Waals surface area contributed by atoms with E-state index >= 15 is 0 Å². The minimum atomic E-state index is -0.305. The Bertz CT molecular complexity index is 938. The standard InChI is InChI=1S/C21H24FN3O3/c1-26-19-12-15(11-16-14-24-21-17(16)3-2-4-23-21)18(22)13-20(19)28-10-7-25-5-8-27-9-6-25/h2-4,12-14H,5-11H2,1H3,(H,23,24). The van der Waals surface area contributed by atoms with Crippen molar-refractivity contribution in [2.24, 2.45) is 0 Å². The number of aromatic amines is 1. The second-order valence-electron chi connectivity index (χ2n) is 6.79. The smallest absolute Gasteiger partial charge is 0.164 e. The summed E-state index contributed by atoms with van der Waals surface area (Å²) in [6, 6.07) is 6.99. The number of aromatic nitrogens is 2. The van der Waals surface area contributed by atoms with E-state index in [1.54, 1.807) is 19.4 Å². The van der Waals surface area contributed by atoms with Gasteiger partial charge in [-0.15, -0.1) is 0 Å². The number of fused-ring (bicyclic) bond motifs is 1. The number of rotatable bonds is 7. The molecule has 0 saturated carbocycles. The van der Waals surface area contributed by atoms with Crippen molar-refractivity contribution in [3.8, 4) is 11.5 Å². The molecule has 0 radical (unpaired) electrons. The second kappa shape index (κ2) is 8.58. The molecule has 0 spiro atoms. The first-order valence-electron chi connectivity index (χ1n) is 9.45. The van der Waals surface area contributed by atoms with Crippen molar-refractivity contribution in [1.29, 1.82) is 0 Å². The summed E-state index contributed by atoms with van der Waals surface area (Å²) in [6.07, 6.45) is 4.05. The Morgan fingerprint density at radius 1 is 1.21 bits per heavy atom. The van der Waals surface area contributed by atoms with E-state index in [9.17, 15) is 4.39 Å². The Balaban J connectivity index is 1.47. The van der Waals surface area contributed by atoms with Crippen LogP contribution in [0.15, 0.2) is 36.7 Å². The quantitative estimate of drug-likeness (QED) is 0.678. The van der Waals surface area contributed by atoms with E-state index in [2.05, 4.69) is 14.9 Å². The fraction of sp³-hybridized carbons (Fsp3) is 0.381. The molecule has 0 unspecified atom stereocenters. The Kier molecular flexibility index (Phi) is 5.73. The molecule has 1 N–H and O–H groups in total. The molecular formula is C21H24FN3O3. The van der Waals surface area contributed by atoms with Gasteiger partial charge in [0.05, 0.1) is 20.3 Å². The molecule has 1 aromatic carbocycles. The minimum absolute atomic E-state index is 0.305. The maximum atomic E-state index is 14.8. The van der Waals surface area contributed by atoms with Crippen molar-refractivity contribution in [2.75, 3.05) is 46.6 Å². The summed E-state index contributed by atoms with van der Waals surface area (Å²) in [5.74, 6) is 0.661. The Morgan fingerprint density at radius 3 is 2.89 bits per heavy atom. The number of benzene rings is 1. The zero-order chi connectivity index (χ0) is 19.3. The zero-order valence-electron chi connectivity index (χ0n) is 15.9. The maximum Gasteiger partial charge on any atom is 0.164 e. The van der Waals surface area contributed by atoms with Gasteiger partial charge in [-0.3, -0.25) is 4.90 Å². The van der Waals surface area contributed by atoms with E-state index in [1.165, 1.54) is 6.07 Å². The van der Waals surface area contributed by atoms with Crippen LogP contribution in [0, 0.1) is 5.82 Å². The number of morpholine rings is 1. The van der Waals surface area contributed by atoms with Crippen molar-refractivity contribution in [3.05, 3.63) is 53.6 Å². The van der Waals surface area contributed by atoms with E-state index in [1.807, 2.05) is 18.3 Å². The number of nitrogens with zero attached hydrogens (tertiary/aromatic N) is 2. The molecule has 4 rings (SSSR count). The number of pyridine rings is 1. The summed E-state index contributed by atoms with van der Waals surface area (Å²) in [7, 11) is 1.57. The van der Waals surface area contributed by atoms with Crippen LogP contribution in [0.1, 0.15) is 11.1 Å². The van der Waals surface area contributed by atoms with E-state index in [0.717, 1.165) is 49.4 Å². The molecule has 2 aromatic heterocycles. The number of halogens is 1. The van der Waals surface area contributed by atoms with Gasteiger partial charge >= 0.3 is 0 Å². The van der Waals surface area contributed by atoms with Crippen LogP contribution in [0.4, 0.5) is 4.39 Å². The fourth-order valence-corrected chi connectivity index (χ4v) is 3.46. The molecule has 1 aliphatic heterocycles. The summed E-state index contributed by atoms with van der Waals surface area (Å²) in [5.41, 5.74) is 2.35. The minimum Gasteiger partial charge on any atom is -0.493 e. The van der Waals surface area contributed by atoms with Gasteiger partial charge in [0, 0.05) is 49.9 Å². The third-order valence-corrected chi connectivity index (χ3v) is 5.02. The first-order chi connectivity index (χ1) is 13.7. The van der Waals surface area contributed by atoms with Gasteiger partial charge in [-0.1, -0.05) is 0 Å². The first-order valence-corrected chi connectivity index (χ1v) is 9.45. The predicted octanol–water partition coefficient (Wildman–Crippen LogP) is 3.01. The molecule has 7 heteroatoms. The van der Waals surface area contributed by atoms with Crippen molar-refractivity contribution < 1.29 is 18.6 Å². The second-order valence-corrected chi connectivity index (χ2v) is 6.79. The molecule has 148 valence electrons. The van der Waals surface area contributed by atoms with E-state index in [0.29, 0.717) is 30.1 Å². The van der Waals surface area contributed by atoms with Crippen LogP contribution in [0.25, 0.3) is 11.0 Å². The van der Waals surface area contributed by atoms with Gasteiger partial charge < -0.3 is 19.2 Å². The molecule has 6 nitrogen and oxygen atoms in total. The summed E-state index contributed by atoms with van der Waals surface area (Å²) < 4.78 is 31.3. The lowest BCUT2D eigenvalue weighted by molar-refractivity contribution is 0.0321. The highest BCUT2D eigenvalue weighted by molar-refractivity contribution is 5.79. The van der Waals surface area contributed by atoms with Crippen LogP contribution < -0.4 is 9.47 Å². The summed E-state index contributed by atoms with van der Waals surface area (Å²) >= 11 is 0. The topological polar surface area (TPSA) is 59.6 Å². The third kappa shape index (κ3) is 4.10. The molecule has 1 saturated heterocycles. The van der Waals surface area contributed by atoms with E-state index < -0.39 is 0 Å². The average Bonchev–Trinajstić information content (AvgIpc) is 3.13. The first kappa shape index (κ1) is 18.7. The molecule has 3 heterocycles. The number of ether oxygens (including phenoxy) is 3. The monoisotopic (exact) mass is 385 g/mol. The lowest BCUT2D eigenvalue weighted by Gasteiger charge is -2.26. The molecule has 3 aromatic rings. The SMILES string of the molecule is COc1cc(Cc2c[nH]c3ncccc23)c(F)cc1OCCN1CCOCC1. The normalized spacial score (nSPS) is 15.1. The molecule has 1 fully saturated rings. The molecule has 0 bridgehead atoms. The summed E-state index contributed by atoms with van der Waals surface area (Å²) in [4.78, 5) is 9.67. The number of hydrogen-bond donors (Lipinski definition) is 1. The van der Waals surface area contributed by atoms with Gasteiger partial charge in [-0.2, -0.15) is 0 Å². The molecule has 0 amide bonds. The average molecular weight is 385 g/mol. The van der Waals surface area contributed by atoms with Crippen molar-refractivity contribution in [1.82, 2.24) is 14.9 Å². The number of hydrogen-bond acceptors (Lipinski definition) is 5. The van der Waals surface area contributed by atoms with Crippen LogP contribution in [0.3, 0.4) is 0 Å². The van der Waals surface area contributed by atoms with E-state index in [-0.39, 0.29) is 5.82 Å². The zero-order valence-corrected chi connectivity index (χ0v) is 15.9. The molecule has 28 heavy (non-hydrogen) atoms. The maximum absolute atomic E-state index is 14.8. The van der Waals surface area contributed by atoms with Crippen molar-refractivity contribution in [3.63, 3.8) is 0 Å². The lowest BCUT2D eigenvalue weighted by Crippen LogP contribution is -2.38. The predicted molar refractivity (Wildman–Crippen MR) is 105 cm³/mol. The Hall–Kier alpha value is -2.64. The number of methoxy groups -OCH3 is 1. The van der Waals surface area contributed by atoms with E-state index in [4.69, 9.17) is 14.2 Å². The summed E-state index contributed by atoms with van der Waals surface area (Å²) in [5, 5.41) is 0.992. The van der Waals surface area contributed by atoms with Gasteiger partial charge in [-0.05, 0) is 29.3 Å². The lowest BCUT2D eigenvalue weighted by atomic mass is 10.0. The van der Waals surface area contributed by atoms with Gasteiger partial charge in [0.15, 0.2) is 11.5 Å². The third-order valence-electron chi connectivity index (χ3n) is 5.02. The fourth-order valence-electron chi connectivity index (χ4n) is 3.46. The Morgan fingerprint density at radius 2 is 2.07 bits per heavy atom. The van der Waals surface area contributed by atoms with Crippen LogP contribution >= 0.6 is 0 Å². The van der Waals surface area contributed by atoms with Crippen molar-refractivity contribution in [2.45, 2.75) is 6.42 Å². The molecule has 0 aliphatic carbocycles. The van der Waals surface area contributed by atoms with Gasteiger partial charge in [0.1, 0.15) is 18.1 Å². The Labute approximate surface area is 163 Å². The van der Waals surface area contributed by atoms with Crippen LogP contribution in [0.2, 0.25) is 0 Å². The van der Waals surface area contributed by atoms with Crippen LogP contribution in [-0.2, 0) is 11.2 Å².